The minimum atomic E-state index is 0.513. The Morgan fingerprint density at radius 2 is 2.11 bits per heavy atom. The summed E-state index contributed by atoms with van der Waals surface area (Å²) in [6.07, 6.45) is 2.22. The maximum atomic E-state index is 6.33. The van der Waals surface area contributed by atoms with Crippen LogP contribution in [0.25, 0.3) is 0 Å². The summed E-state index contributed by atoms with van der Waals surface area (Å²) in [5.41, 5.74) is 2.65. The molecule has 1 aromatic carbocycles. The molecule has 1 N–H and O–H groups in total. The second kappa shape index (κ2) is 5.50. The molecule has 1 aliphatic rings. The van der Waals surface area contributed by atoms with E-state index in [1.54, 1.807) is 0 Å². The van der Waals surface area contributed by atoms with E-state index in [0.29, 0.717) is 18.1 Å². The minimum Gasteiger partial charge on any atom is -0.365 e. The number of halogens is 1. The fourth-order valence-corrected chi connectivity index (χ4v) is 3.19. The third-order valence-electron chi connectivity index (χ3n) is 3.88. The van der Waals surface area contributed by atoms with Gasteiger partial charge in [-0.25, -0.2) is 0 Å². The summed E-state index contributed by atoms with van der Waals surface area (Å²) in [5.74, 6) is 0. The largest absolute Gasteiger partial charge is 0.365 e. The number of hydrogen-bond donors (Lipinski definition) is 1. The fraction of sp³-hybridized carbons (Fsp3) is 0.600. The molecule has 1 aromatic rings. The highest BCUT2D eigenvalue weighted by Crippen LogP contribution is 2.39. The zero-order valence-corrected chi connectivity index (χ0v) is 12.5. The molecule has 0 amide bonds. The molecule has 2 rings (SSSR count). The number of hydrogen-bond acceptors (Lipinski definition) is 2. The van der Waals surface area contributed by atoms with Gasteiger partial charge in [0.05, 0.1) is 0 Å². The molecule has 2 unspecified atom stereocenters. The maximum absolute atomic E-state index is 6.33. The Balaban J connectivity index is 2.28. The highest BCUT2D eigenvalue weighted by atomic mass is 35.5. The van der Waals surface area contributed by atoms with E-state index in [4.69, 9.17) is 11.6 Å². The zero-order valence-electron chi connectivity index (χ0n) is 11.7. The summed E-state index contributed by atoms with van der Waals surface area (Å²) >= 11 is 6.33. The second-order valence-electron chi connectivity index (χ2n) is 5.52. The van der Waals surface area contributed by atoms with E-state index in [0.717, 1.165) is 17.9 Å². The third-order valence-corrected chi connectivity index (χ3v) is 4.23. The van der Waals surface area contributed by atoms with Gasteiger partial charge in [-0.3, -0.25) is 0 Å². The Morgan fingerprint density at radius 3 is 2.72 bits per heavy atom. The highest BCUT2D eigenvalue weighted by Gasteiger charge is 2.32. The van der Waals surface area contributed by atoms with Crippen molar-refractivity contribution in [2.75, 3.05) is 11.9 Å². The number of anilines is 1. The normalized spacial score (nSPS) is 20.3. The first-order chi connectivity index (χ1) is 8.54. The van der Waals surface area contributed by atoms with Crippen LogP contribution in [-0.2, 0) is 6.42 Å². The van der Waals surface area contributed by atoms with Crippen molar-refractivity contribution in [3.05, 3.63) is 28.8 Å². The van der Waals surface area contributed by atoms with Gasteiger partial charge in [0, 0.05) is 28.8 Å². The molecule has 1 heterocycles. The Morgan fingerprint density at radius 1 is 1.39 bits per heavy atom. The van der Waals surface area contributed by atoms with Gasteiger partial charge in [-0.1, -0.05) is 17.7 Å². The van der Waals surface area contributed by atoms with Gasteiger partial charge >= 0.3 is 0 Å². The molecule has 2 atom stereocenters. The van der Waals surface area contributed by atoms with Crippen LogP contribution in [0.3, 0.4) is 0 Å². The van der Waals surface area contributed by atoms with Gasteiger partial charge in [-0.2, -0.15) is 0 Å². The Kier molecular flexibility index (Phi) is 4.18. The summed E-state index contributed by atoms with van der Waals surface area (Å²) in [5, 5.41) is 4.25. The van der Waals surface area contributed by atoms with Crippen LogP contribution in [0.15, 0.2) is 18.2 Å². The second-order valence-corrected chi connectivity index (χ2v) is 5.93. The summed E-state index contributed by atoms with van der Waals surface area (Å²) in [4.78, 5) is 2.52. The summed E-state index contributed by atoms with van der Waals surface area (Å²) < 4.78 is 0. The van der Waals surface area contributed by atoms with Crippen LogP contribution in [0, 0.1) is 0 Å². The van der Waals surface area contributed by atoms with E-state index < -0.39 is 0 Å². The van der Waals surface area contributed by atoms with Crippen LogP contribution < -0.4 is 10.2 Å². The van der Waals surface area contributed by atoms with Crippen LogP contribution in [0.5, 0.6) is 0 Å². The van der Waals surface area contributed by atoms with E-state index in [1.807, 2.05) is 13.1 Å². The lowest BCUT2D eigenvalue weighted by atomic mass is 10.0. The number of benzene rings is 1. The highest BCUT2D eigenvalue weighted by molar-refractivity contribution is 6.31. The van der Waals surface area contributed by atoms with Crippen molar-refractivity contribution in [3.63, 3.8) is 0 Å². The van der Waals surface area contributed by atoms with Crippen molar-refractivity contribution >= 4 is 17.3 Å². The molecule has 0 saturated carbocycles. The Hall–Kier alpha value is -0.730. The van der Waals surface area contributed by atoms with Crippen LogP contribution >= 0.6 is 11.6 Å². The molecule has 0 aliphatic carbocycles. The molecule has 18 heavy (non-hydrogen) atoms. The van der Waals surface area contributed by atoms with Gasteiger partial charge in [0.15, 0.2) is 0 Å². The van der Waals surface area contributed by atoms with Crippen LogP contribution in [0.1, 0.15) is 32.8 Å². The van der Waals surface area contributed by atoms with Gasteiger partial charge in [-0.05, 0) is 58.4 Å². The van der Waals surface area contributed by atoms with Crippen LogP contribution in [0.4, 0.5) is 5.69 Å². The van der Waals surface area contributed by atoms with Gasteiger partial charge in [0.2, 0.25) is 0 Å². The first-order valence-corrected chi connectivity index (χ1v) is 7.15. The van der Waals surface area contributed by atoms with Crippen molar-refractivity contribution < 1.29 is 0 Å². The van der Waals surface area contributed by atoms with Crippen molar-refractivity contribution in [1.29, 1.82) is 0 Å². The van der Waals surface area contributed by atoms with Crippen molar-refractivity contribution in [2.24, 2.45) is 0 Å². The average molecular weight is 267 g/mol. The van der Waals surface area contributed by atoms with Crippen LogP contribution in [-0.4, -0.2) is 25.2 Å². The smallest absolute Gasteiger partial charge is 0.0459 e. The van der Waals surface area contributed by atoms with Crippen molar-refractivity contribution in [2.45, 2.75) is 51.7 Å². The van der Waals surface area contributed by atoms with Gasteiger partial charge < -0.3 is 10.2 Å². The van der Waals surface area contributed by atoms with E-state index in [2.05, 4.69) is 43.1 Å². The number of nitrogens with zero attached hydrogens (tertiary/aromatic N) is 1. The van der Waals surface area contributed by atoms with E-state index >= 15 is 0 Å². The molecule has 2 nitrogen and oxygen atoms in total. The molecule has 0 fully saturated rings. The molecule has 0 aromatic heterocycles. The quantitative estimate of drug-likeness (QED) is 0.898. The Labute approximate surface area is 115 Å². The summed E-state index contributed by atoms with van der Waals surface area (Å²) in [6.45, 7) is 6.75. The molecule has 0 radical (unpaired) electrons. The lowest BCUT2D eigenvalue weighted by Gasteiger charge is -2.33. The van der Waals surface area contributed by atoms with E-state index in [-0.39, 0.29) is 0 Å². The zero-order chi connectivity index (χ0) is 13.3. The Bertz CT molecular complexity index is 417. The molecule has 1 aliphatic heterocycles. The number of rotatable bonds is 4. The molecular formula is C15H23ClN2. The van der Waals surface area contributed by atoms with E-state index in [9.17, 15) is 0 Å². The van der Waals surface area contributed by atoms with Crippen molar-refractivity contribution in [1.82, 2.24) is 5.32 Å². The summed E-state index contributed by atoms with van der Waals surface area (Å²) in [6, 6.07) is 7.86. The van der Waals surface area contributed by atoms with Gasteiger partial charge in [-0.15, -0.1) is 0 Å². The predicted molar refractivity (Wildman–Crippen MR) is 79.7 cm³/mol. The molecule has 3 heteroatoms. The predicted octanol–water partition coefficient (Wildman–Crippen LogP) is 3.48. The lowest BCUT2D eigenvalue weighted by Crippen LogP contribution is -2.41. The SMILES string of the molecule is CNC(C)CC1Cc2c(Cl)cccc2N1C(C)C. The molecule has 0 bridgehead atoms. The first kappa shape index (κ1) is 13.7. The average Bonchev–Trinajstić information content (AvgIpc) is 2.68. The topological polar surface area (TPSA) is 15.3 Å². The summed E-state index contributed by atoms with van der Waals surface area (Å²) in [7, 11) is 2.03. The fourth-order valence-electron chi connectivity index (χ4n) is 2.94. The third kappa shape index (κ3) is 2.50. The van der Waals surface area contributed by atoms with Crippen LogP contribution in [0.2, 0.25) is 5.02 Å². The van der Waals surface area contributed by atoms with Gasteiger partial charge in [0.1, 0.15) is 0 Å². The molecule has 0 spiro atoms. The monoisotopic (exact) mass is 266 g/mol. The molecule has 0 saturated heterocycles. The maximum Gasteiger partial charge on any atom is 0.0459 e. The first-order valence-electron chi connectivity index (χ1n) is 6.77. The molecule has 100 valence electrons. The minimum absolute atomic E-state index is 0.513. The van der Waals surface area contributed by atoms with E-state index in [1.165, 1.54) is 11.3 Å². The van der Waals surface area contributed by atoms with Gasteiger partial charge in [0.25, 0.3) is 0 Å². The molecular weight excluding hydrogens is 244 g/mol. The lowest BCUT2D eigenvalue weighted by molar-refractivity contribution is 0.461. The standard InChI is InChI=1S/C15H23ClN2/c1-10(2)18-12(8-11(3)17-4)9-13-14(16)6-5-7-15(13)18/h5-7,10-12,17H,8-9H2,1-4H3. The number of nitrogens with one attached hydrogen (secondary N) is 1. The number of fused-ring (bicyclic) bond motifs is 1. The van der Waals surface area contributed by atoms with Crippen molar-refractivity contribution in [3.8, 4) is 0 Å².